The van der Waals surface area contributed by atoms with Crippen LogP contribution in [0.4, 0.5) is 5.82 Å². The fourth-order valence-electron chi connectivity index (χ4n) is 1.77. The van der Waals surface area contributed by atoms with E-state index in [9.17, 15) is 9.59 Å². The predicted octanol–water partition coefficient (Wildman–Crippen LogP) is 4.55. The summed E-state index contributed by atoms with van der Waals surface area (Å²) in [6, 6.07) is 8.48. The summed E-state index contributed by atoms with van der Waals surface area (Å²) in [5, 5.41) is 3.53. The van der Waals surface area contributed by atoms with Gasteiger partial charge in [0.15, 0.2) is 12.4 Å². The van der Waals surface area contributed by atoms with Gasteiger partial charge in [0.25, 0.3) is 5.91 Å². The van der Waals surface area contributed by atoms with Crippen LogP contribution in [0.5, 0.6) is 0 Å². The van der Waals surface area contributed by atoms with Crippen LogP contribution in [-0.2, 0) is 14.3 Å². The molecule has 1 N–H and O–H groups in total. The van der Waals surface area contributed by atoms with Crippen molar-refractivity contribution in [2.24, 2.45) is 0 Å². The first-order valence-corrected chi connectivity index (χ1v) is 8.22. The highest BCUT2D eigenvalue weighted by molar-refractivity contribution is 6.36. The molecule has 0 aliphatic carbocycles. The minimum Gasteiger partial charge on any atom is -0.452 e. The molecule has 1 amide bonds. The molecule has 0 bridgehead atoms. The molecule has 1 heterocycles. The monoisotopic (exact) mass is 398 g/mol. The molecule has 0 saturated heterocycles. The van der Waals surface area contributed by atoms with Gasteiger partial charge in [-0.05, 0) is 30.7 Å². The molecule has 5 nitrogen and oxygen atoms in total. The lowest BCUT2D eigenvalue weighted by atomic mass is 10.2. The third-order valence-corrected chi connectivity index (χ3v) is 4.03. The van der Waals surface area contributed by atoms with Crippen molar-refractivity contribution in [3.05, 3.63) is 62.7 Å². The van der Waals surface area contributed by atoms with Gasteiger partial charge in [0.1, 0.15) is 0 Å². The topological polar surface area (TPSA) is 68.3 Å². The van der Waals surface area contributed by atoms with E-state index in [0.29, 0.717) is 21.3 Å². The van der Waals surface area contributed by atoms with E-state index in [1.165, 1.54) is 18.2 Å². The van der Waals surface area contributed by atoms with Crippen LogP contribution in [0.25, 0.3) is 6.08 Å². The van der Waals surface area contributed by atoms with E-state index in [1.807, 2.05) is 0 Å². The smallest absolute Gasteiger partial charge is 0.331 e. The van der Waals surface area contributed by atoms with Gasteiger partial charge in [-0.25, -0.2) is 9.78 Å². The maximum Gasteiger partial charge on any atom is 0.331 e. The number of aryl methyl sites for hydroxylation is 1. The number of carbonyl (C=O) groups is 2. The molecule has 1 aromatic carbocycles. The first-order valence-electron chi connectivity index (χ1n) is 7.08. The number of amides is 1. The Morgan fingerprint density at radius 3 is 2.60 bits per heavy atom. The summed E-state index contributed by atoms with van der Waals surface area (Å²) in [5.41, 5.74) is 1.18. The SMILES string of the molecule is Cc1nc(NC(=O)COC(=O)/C=C/c2ccccc2Cl)c(Cl)cc1Cl. The van der Waals surface area contributed by atoms with E-state index in [2.05, 4.69) is 10.3 Å². The predicted molar refractivity (Wildman–Crippen MR) is 99.1 cm³/mol. The van der Waals surface area contributed by atoms with E-state index in [1.54, 1.807) is 31.2 Å². The number of aromatic nitrogens is 1. The van der Waals surface area contributed by atoms with Crippen LogP contribution in [0.1, 0.15) is 11.3 Å². The van der Waals surface area contributed by atoms with E-state index in [4.69, 9.17) is 39.5 Å². The van der Waals surface area contributed by atoms with Crippen molar-refractivity contribution in [3.63, 3.8) is 0 Å². The van der Waals surface area contributed by atoms with Crippen molar-refractivity contribution < 1.29 is 14.3 Å². The number of carbonyl (C=O) groups excluding carboxylic acids is 2. The Balaban J connectivity index is 1.89. The van der Waals surface area contributed by atoms with E-state index < -0.39 is 18.5 Å². The average molecular weight is 400 g/mol. The van der Waals surface area contributed by atoms with Crippen LogP contribution in [0.15, 0.2) is 36.4 Å². The van der Waals surface area contributed by atoms with Gasteiger partial charge in [0.2, 0.25) is 0 Å². The second kappa shape index (κ2) is 8.85. The van der Waals surface area contributed by atoms with Gasteiger partial charge in [-0.3, -0.25) is 4.79 Å². The number of halogens is 3. The van der Waals surface area contributed by atoms with Crippen LogP contribution >= 0.6 is 34.8 Å². The first-order chi connectivity index (χ1) is 11.9. The van der Waals surface area contributed by atoms with E-state index in [-0.39, 0.29) is 10.8 Å². The number of nitrogens with one attached hydrogen (secondary N) is 1. The number of pyridine rings is 1. The molecule has 0 aliphatic heterocycles. The number of anilines is 1. The van der Waals surface area contributed by atoms with Crippen LogP contribution in [0, 0.1) is 6.92 Å². The van der Waals surface area contributed by atoms with Gasteiger partial charge in [-0.2, -0.15) is 0 Å². The summed E-state index contributed by atoms with van der Waals surface area (Å²) in [4.78, 5) is 27.5. The van der Waals surface area contributed by atoms with E-state index >= 15 is 0 Å². The van der Waals surface area contributed by atoms with E-state index in [0.717, 1.165) is 0 Å². The molecular formula is C17H13Cl3N2O3. The molecule has 1 aromatic heterocycles. The van der Waals surface area contributed by atoms with Crippen molar-refractivity contribution >= 4 is 58.6 Å². The number of esters is 1. The highest BCUT2D eigenvalue weighted by Gasteiger charge is 2.11. The summed E-state index contributed by atoms with van der Waals surface area (Å²) in [6.07, 6.45) is 2.69. The Bertz CT molecular complexity index is 838. The zero-order chi connectivity index (χ0) is 18.4. The summed E-state index contributed by atoms with van der Waals surface area (Å²) in [5.74, 6) is -1.10. The number of rotatable bonds is 5. The number of ether oxygens (including phenoxy) is 1. The number of hydrogen-bond acceptors (Lipinski definition) is 4. The Labute approximate surface area is 159 Å². The zero-order valence-corrected chi connectivity index (χ0v) is 15.3. The fraction of sp³-hybridized carbons (Fsp3) is 0.118. The molecule has 2 aromatic rings. The van der Waals surface area contributed by atoms with Crippen LogP contribution in [0.3, 0.4) is 0 Å². The minimum absolute atomic E-state index is 0.149. The van der Waals surface area contributed by atoms with Crippen molar-refractivity contribution in [1.82, 2.24) is 4.98 Å². The third-order valence-electron chi connectivity index (χ3n) is 3.01. The molecule has 0 saturated carbocycles. The molecule has 0 aliphatic rings. The lowest BCUT2D eigenvalue weighted by Crippen LogP contribution is -2.21. The van der Waals surface area contributed by atoms with Crippen molar-refractivity contribution in [1.29, 1.82) is 0 Å². The fourth-order valence-corrected chi connectivity index (χ4v) is 2.37. The average Bonchev–Trinajstić information content (AvgIpc) is 2.57. The molecule has 0 spiro atoms. The standard InChI is InChI=1S/C17H13Cl3N2O3/c1-10-13(19)8-14(20)17(21-10)22-15(23)9-25-16(24)7-6-11-4-2-3-5-12(11)18/h2-8H,9H2,1H3,(H,21,22,23)/b7-6+. The second-order valence-electron chi connectivity index (χ2n) is 4.90. The molecule has 0 unspecified atom stereocenters. The maximum absolute atomic E-state index is 11.8. The van der Waals surface area contributed by atoms with Gasteiger partial charge < -0.3 is 10.1 Å². The van der Waals surface area contributed by atoms with Crippen molar-refractivity contribution in [2.75, 3.05) is 11.9 Å². The van der Waals surface area contributed by atoms with Gasteiger partial charge in [-0.15, -0.1) is 0 Å². The first kappa shape index (κ1) is 19.2. The Morgan fingerprint density at radius 1 is 1.16 bits per heavy atom. The number of nitrogens with zero attached hydrogens (tertiary/aromatic N) is 1. The summed E-state index contributed by atoms with van der Waals surface area (Å²) in [7, 11) is 0. The quantitative estimate of drug-likeness (QED) is 0.592. The van der Waals surface area contributed by atoms with Crippen molar-refractivity contribution in [2.45, 2.75) is 6.92 Å². The van der Waals surface area contributed by atoms with Crippen LogP contribution < -0.4 is 5.32 Å². The molecule has 0 fully saturated rings. The second-order valence-corrected chi connectivity index (χ2v) is 6.12. The zero-order valence-electron chi connectivity index (χ0n) is 13.1. The highest BCUT2D eigenvalue weighted by atomic mass is 35.5. The van der Waals surface area contributed by atoms with Gasteiger partial charge in [0, 0.05) is 11.1 Å². The van der Waals surface area contributed by atoms with Gasteiger partial charge >= 0.3 is 5.97 Å². The largest absolute Gasteiger partial charge is 0.452 e. The molecule has 8 heteroatoms. The highest BCUT2D eigenvalue weighted by Crippen LogP contribution is 2.25. The molecular weight excluding hydrogens is 387 g/mol. The lowest BCUT2D eigenvalue weighted by Gasteiger charge is -2.08. The Kier molecular flexibility index (Phi) is 6.82. The normalized spacial score (nSPS) is 10.7. The van der Waals surface area contributed by atoms with Crippen LogP contribution in [0.2, 0.25) is 15.1 Å². The maximum atomic E-state index is 11.8. The van der Waals surface area contributed by atoms with Gasteiger partial charge in [-0.1, -0.05) is 53.0 Å². The summed E-state index contributed by atoms with van der Waals surface area (Å²) in [6.45, 7) is 1.19. The molecule has 25 heavy (non-hydrogen) atoms. The minimum atomic E-state index is -0.679. The number of hydrogen-bond donors (Lipinski definition) is 1. The molecule has 130 valence electrons. The molecule has 2 rings (SSSR count). The van der Waals surface area contributed by atoms with Gasteiger partial charge in [0.05, 0.1) is 15.7 Å². The molecule has 0 atom stereocenters. The Morgan fingerprint density at radius 2 is 1.88 bits per heavy atom. The molecule has 0 radical (unpaired) electrons. The van der Waals surface area contributed by atoms with Crippen molar-refractivity contribution in [3.8, 4) is 0 Å². The Hall–Kier alpha value is -2.08. The summed E-state index contributed by atoms with van der Waals surface area (Å²) >= 11 is 17.8. The number of benzene rings is 1. The summed E-state index contributed by atoms with van der Waals surface area (Å²) < 4.78 is 4.85. The third kappa shape index (κ3) is 5.74. The lowest BCUT2D eigenvalue weighted by molar-refractivity contribution is -0.142. The van der Waals surface area contributed by atoms with Crippen LogP contribution in [-0.4, -0.2) is 23.5 Å².